The van der Waals surface area contributed by atoms with Crippen LogP contribution in [0.15, 0.2) is 0 Å². The molecule has 11 heteroatoms. The fourth-order valence-corrected chi connectivity index (χ4v) is 7.82. The molecule has 0 radical (unpaired) electrons. The smallest absolute Gasteiger partial charge is 0.407 e. The summed E-state index contributed by atoms with van der Waals surface area (Å²) in [5.74, 6) is -2.65. The molecule has 0 aromatic carbocycles. The van der Waals surface area contributed by atoms with Crippen molar-refractivity contribution >= 4 is 18.0 Å². The highest BCUT2D eigenvalue weighted by molar-refractivity contribution is 5.73. The number of nitrogens with one attached hydrogen (secondary N) is 1. The van der Waals surface area contributed by atoms with Gasteiger partial charge in [-0.05, 0) is 98.8 Å². The molecule has 0 spiro atoms. The molecule has 0 unspecified atom stereocenters. The first-order chi connectivity index (χ1) is 23.0. The van der Waals surface area contributed by atoms with Crippen LogP contribution in [0.3, 0.4) is 0 Å². The van der Waals surface area contributed by atoms with Gasteiger partial charge in [-0.15, -0.1) is 0 Å². The molecule has 11 nitrogen and oxygen atoms in total. The Bertz CT molecular complexity index is 1050. The van der Waals surface area contributed by atoms with E-state index in [1.807, 2.05) is 41.5 Å². The average molecular weight is 698 g/mol. The lowest BCUT2D eigenvalue weighted by atomic mass is 9.84. The van der Waals surface area contributed by atoms with Crippen molar-refractivity contribution in [3.8, 4) is 0 Å². The zero-order valence-electron chi connectivity index (χ0n) is 31.7. The summed E-state index contributed by atoms with van der Waals surface area (Å²) >= 11 is 0. The van der Waals surface area contributed by atoms with E-state index in [2.05, 4.69) is 19.2 Å². The molecule has 3 aliphatic rings. The van der Waals surface area contributed by atoms with Gasteiger partial charge in [-0.1, -0.05) is 40.5 Å². The zero-order chi connectivity index (χ0) is 36.5. The normalized spacial score (nSPS) is 30.2. The molecule has 1 amide bonds. The highest BCUT2D eigenvalue weighted by Gasteiger charge is 2.45. The Kier molecular flexibility index (Phi) is 16.1. The monoisotopic (exact) mass is 697 g/mol. The summed E-state index contributed by atoms with van der Waals surface area (Å²) in [4.78, 5) is 38.0. The Balaban J connectivity index is 1.69. The molecular weight excluding hydrogens is 630 g/mol. The highest BCUT2D eigenvalue weighted by atomic mass is 16.6. The molecule has 0 aliphatic carbocycles. The molecule has 3 aliphatic heterocycles. The second-order valence-electron chi connectivity index (χ2n) is 16.1. The van der Waals surface area contributed by atoms with Gasteiger partial charge < -0.3 is 39.2 Å². The number of ether oxygens (including phenoxy) is 5. The van der Waals surface area contributed by atoms with Crippen LogP contribution in [0, 0.1) is 23.7 Å². The SMILES string of the molecule is CCC[C@H](O)C[C@@H]1CC[C@H]([C@H](C)C(=O)O[C@H]([C@H](C)[C@@H]2CC[C@H]([C@@H](C)C(=O)O)O2)[C@H](C)[C@H]2CC[C@@H](C[C@@H](CCC)NC(=O)OC(C)(C)C)O2)O1. The number of amides is 1. The van der Waals surface area contributed by atoms with E-state index in [0.717, 1.165) is 51.4 Å². The van der Waals surface area contributed by atoms with Crippen LogP contribution in [-0.4, -0.2) is 88.7 Å². The largest absolute Gasteiger partial charge is 0.481 e. The average Bonchev–Trinajstić information content (AvgIpc) is 3.79. The summed E-state index contributed by atoms with van der Waals surface area (Å²) in [7, 11) is 0. The highest BCUT2D eigenvalue weighted by Crippen LogP contribution is 2.39. The Hall–Kier alpha value is -1.95. The number of carbonyl (C=O) groups is 3. The lowest BCUT2D eigenvalue weighted by Gasteiger charge is -2.36. The van der Waals surface area contributed by atoms with Gasteiger partial charge in [0.25, 0.3) is 0 Å². The molecule has 0 bridgehead atoms. The molecule has 3 rings (SSSR count). The standard InChI is InChI=1S/C38H67NO10/c1-10-12-26(39-37(44)49-38(7,8)9)20-28-14-16-30(45-28)22(3)34(23(4)31-18-19-32(47-31)24(5)35(41)42)48-36(43)25(6)33-17-15-29(46-33)21-27(40)13-11-2/h22-34,40H,10-21H2,1-9H3,(H,39,44)(H,41,42)/t22-,23-,24-,25+,26-,27+,28+,29+,30-,31+,32-,33-,34+/m1/s1. The number of esters is 1. The number of carboxylic acids is 1. The Morgan fingerprint density at radius 3 is 1.86 bits per heavy atom. The number of hydrogen-bond donors (Lipinski definition) is 3. The molecule has 284 valence electrons. The van der Waals surface area contributed by atoms with Crippen LogP contribution in [0.2, 0.25) is 0 Å². The number of carboxylic acid groups (broad SMARTS) is 1. The molecule has 0 aromatic rings. The van der Waals surface area contributed by atoms with Crippen LogP contribution in [0.5, 0.6) is 0 Å². The molecule has 3 fully saturated rings. The molecular formula is C38H67NO10. The van der Waals surface area contributed by atoms with Crippen molar-refractivity contribution in [3.63, 3.8) is 0 Å². The third kappa shape index (κ3) is 12.6. The molecule has 0 saturated carbocycles. The van der Waals surface area contributed by atoms with Crippen molar-refractivity contribution in [2.75, 3.05) is 0 Å². The molecule has 3 saturated heterocycles. The first-order valence-electron chi connectivity index (χ1n) is 19.1. The predicted molar refractivity (Wildman–Crippen MR) is 186 cm³/mol. The fourth-order valence-electron chi connectivity index (χ4n) is 7.82. The quantitative estimate of drug-likeness (QED) is 0.131. The van der Waals surface area contributed by atoms with E-state index in [1.54, 1.807) is 6.92 Å². The molecule has 3 heterocycles. The van der Waals surface area contributed by atoms with Crippen LogP contribution in [0.4, 0.5) is 4.79 Å². The van der Waals surface area contributed by atoms with Gasteiger partial charge in [-0.25, -0.2) is 4.79 Å². The van der Waals surface area contributed by atoms with Gasteiger partial charge in [0.15, 0.2) is 0 Å². The van der Waals surface area contributed by atoms with Crippen molar-refractivity contribution in [1.82, 2.24) is 5.32 Å². The van der Waals surface area contributed by atoms with Crippen molar-refractivity contribution < 1.29 is 48.3 Å². The summed E-state index contributed by atoms with van der Waals surface area (Å²) in [6.45, 7) is 17.3. The lowest BCUT2D eigenvalue weighted by molar-refractivity contribution is -0.173. The Morgan fingerprint density at radius 2 is 1.27 bits per heavy atom. The minimum atomic E-state index is -0.881. The van der Waals surface area contributed by atoms with E-state index in [9.17, 15) is 24.6 Å². The maximum atomic E-state index is 13.8. The summed E-state index contributed by atoms with van der Waals surface area (Å²) < 4.78 is 31.1. The summed E-state index contributed by atoms with van der Waals surface area (Å²) in [6.07, 6.45) is 6.56. The number of carbonyl (C=O) groups excluding carboxylic acids is 2. The van der Waals surface area contributed by atoms with Gasteiger partial charge in [0.1, 0.15) is 11.7 Å². The molecule has 0 aromatic heterocycles. The summed E-state index contributed by atoms with van der Waals surface area (Å²) in [5.41, 5.74) is -0.580. The van der Waals surface area contributed by atoms with E-state index in [4.69, 9.17) is 23.7 Å². The number of aliphatic hydroxyl groups excluding tert-OH is 1. The first kappa shape index (κ1) is 41.5. The van der Waals surface area contributed by atoms with Crippen LogP contribution in [0.1, 0.15) is 139 Å². The maximum Gasteiger partial charge on any atom is 0.407 e. The van der Waals surface area contributed by atoms with Crippen molar-refractivity contribution in [3.05, 3.63) is 0 Å². The number of aliphatic carboxylic acids is 1. The minimum Gasteiger partial charge on any atom is -0.481 e. The van der Waals surface area contributed by atoms with Gasteiger partial charge in [0.2, 0.25) is 0 Å². The second kappa shape index (κ2) is 19.0. The van der Waals surface area contributed by atoms with Gasteiger partial charge in [-0.2, -0.15) is 0 Å². The van der Waals surface area contributed by atoms with Crippen LogP contribution >= 0.6 is 0 Å². The van der Waals surface area contributed by atoms with E-state index >= 15 is 0 Å². The van der Waals surface area contributed by atoms with Gasteiger partial charge in [0.05, 0.1) is 54.6 Å². The van der Waals surface area contributed by atoms with E-state index < -0.39 is 41.7 Å². The van der Waals surface area contributed by atoms with Crippen LogP contribution in [0.25, 0.3) is 0 Å². The molecule has 3 N–H and O–H groups in total. The second-order valence-corrected chi connectivity index (χ2v) is 16.1. The van der Waals surface area contributed by atoms with Crippen molar-refractivity contribution in [2.45, 2.75) is 200 Å². The van der Waals surface area contributed by atoms with Gasteiger partial charge in [-0.3, -0.25) is 9.59 Å². The van der Waals surface area contributed by atoms with Gasteiger partial charge >= 0.3 is 18.0 Å². The first-order valence-corrected chi connectivity index (χ1v) is 19.1. The number of rotatable bonds is 18. The lowest BCUT2D eigenvalue weighted by Crippen LogP contribution is -2.44. The number of alkyl carbamates (subject to hydrolysis) is 1. The van der Waals surface area contributed by atoms with E-state index in [0.29, 0.717) is 25.7 Å². The zero-order valence-corrected chi connectivity index (χ0v) is 31.7. The van der Waals surface area contributed by atoms with Gasteiger partial charge in [0, 0.05) is 17.9 Å². The van der Waals surface area contributed by atoms with Crippen molar-refractivity contribution in [1.29, 1.82) is 0 Å². The minimum absolute atomic E-state index is 0.0556. The van der Waals surface area contributed by atoms with E-state index in [-0.39, 0.29) is 60.5 Å². The Morgan fingerprint density at radius 1 is 0.755 bits per heavy atom. The summed E-state index contributed by atoms with van der Waals surface area (Å²) in [6, 6.07) is -0.0781. The molecule has 13 atom stereocenters. The van der Waals surface area contributed by atoms with Crippen molar-refractivity contribution in [2.24, 2.45) is 23.7 Å². The van der Waals surface area contributed by atoms with E-state index in [1.165, 1.54) is 0 Å². The Labute approximate surface area is 294 Å². The third-order valence-electron chi connectivity index (χ3n) is 10.8. The number of hydrogen-bond acceptors (Lipinski definition) is 9. The predicted octanol–water partition coefficient (Wildman–Crippen LogP) is 6.80. The fraction of sp³-hybridized carbons (Fsp3) is 0.921. The summed E-state index contributed by atoms with van der Waals surface area (Å²) in [5, 5.41) is 22.9. The molecule has 49 heavy (non-hydrogen) atoms. The number of aliphatic hydroxyl groups is 1. The van der Waals surface area contributed by atoms with Crippen LogP contribution in [-0.2, 0) is 33.3 Å². The topological polar surface area (TPSA) is 150 Å². The maximum absolute atomic E-state index is 13.8. The van der Waals surface area contributed by atoms with Crippen LogP contribution < -0.4 is 5.32 Å². The third-order valence-corrected chi connectivity index (χ3v) is 10.8.